The van der Waals surface area contributed by atoms with E-state index in [1.807, 2.05) is 18.2 Å². The minimum atomic E-state index is -0.167. The SMILES string of the molecule is CCN(CC)CCCNC(=O)c1c(NC(=O)c2ccccc2)sc2c1CCCC2. The van der Waals surface area contributed by atoms with Crippen LogP contribution in [0.2, 0.25) is 0 Å². The predicted octanol–water partition coefficient (Wildman–Crippen LogP) is 4.34. The molecule has 2 amide bonds. The Hall–Kier alpha value is -2.18. The van der Waals surface area contributed by atoms with Gasteiger partial charge in [-0.1, -0.05) is 32.0 Å². The lowest BCUT2D eigenvalue weighted by Crippen LogP contribution is -2.30. The Bertz CT molecular complexity index is 828. The van der Waals surface area contributed by atoms with Gasteiger partial charge in [0.25, 0.3) is 11.8 Å². The van der Waals surface area contributed by atoms with Crippen molar-refractivity contribution in [1.82, 2.24) is 10.2 Å². The summed E-state index contributed by atoms with van der Waals surface area (Å²) in [6.07, 6.45) is 5.06. The van der Waals surface area contributed by atoms with E-state index in [1.165, 1.54) is 4.88 Å². The molecule has 0 atom stereocenters. The average molecular weight is 414 g/mol. The maximum atomic E-state index is 13.0. The first-order valence-corrected chi connectivity index (χ1v) is 11.5. The highest BCUT2D eigenvalue weighted by molar-refractivity contribution is 7.17. The molecule has 0 spiro atoms. The van der Waals surface area contributed by atoms with Crippen LogP contribution in [-0.4, -0.2) is 42.9 Å². The van der Waals surface area contributed by atoms with Crippen molar-refractivity contribution >= 4 is 28.2 Å². The minimum Gasteiger partial charge on any atom is -0.352 e. The lowest BCUT2D eigenvalue weighted by atomic mass is 9.95. The van der Waals surface area contributed by atoms with E-state index >= 15 is 0 Å². The van der Waals surface area contributed by atoms with Gasteiger partial charge in [-0.25, -0.2) is 0 Å². The monoisotopic (exact) mass is 413 g/mol. The Balaban J connectivity index is 1.71. The number of amides is 2. The van der Waals surface area contributed by atoms with E-state index in [0.29, 0.717) is 22.7 Å². The van der Waals surface area contributed by atoms with Crippen LogP contribution in [0.25, 0.3) is 0 Å². The van der Waals surface area contributed by atoms with E-state index in [0.717, 1.165) is 57.3 Å². The topological polar surface area (TPSA) is 61.4 Å². The van der Waals surface area contributed by atoms with Crippen LogP contribution in [-0.2, 0) is 12.8 Å². The third kappa shape index (κ3) is 5.46. The minimum absolute atomic E-state index is 0.0627. The van der Waals surface area contributed by atoms with Crippen LogP contribution in [0.1, 0.15) is 64.3 Å². The second-order valence-corrected chi connectivity index (χ2v) is 8.48. The van der Waals surface area contributed by atoms with Gasteiger partial charge in [-0.05, 0) is 69.4 Å². The molecule has 3 rings (SSSR count). The summed E-state index contributed by atoms with van der Waals surface area (Å²) in [6.45, 7) is 7.98. The molecular weight excluding hydrogens is 382 g/mol. The van der Waals surface area contributed by atoms with Crippen molar-refractivity contribution in [2.24, 2.45) is 0 Å². The molecular formula is C23H31N3O2S. The molecule has 5 nitrogen and oxygen atoms in total. The van der Waals surface area contributed by atoms with Crippen LogP contribution >= 0.6 is 11.3 Å². The fraction of sp³-hybridized carbons (Fsp3) is 0.478. The standard InChI is InChI=1S/C23H31N3O2S/c1-3-26(4-2)16-10-15-24-22(28)20-18-13-8-9-14-19(18)29-23(20)25-21(27)17-11-6-5-7-12-17/h5-7,11-12H,3-4,8-10,13-16H2,1-2H3,(H,24,28)(H,25,27). The van der Waals surface area contributed by atoms with Crippen LogP contribution < -0.4 is 10.6 Å². The molecule has 6 heteroatoms. The smallest absolute Gasteiger partial charge is 0.256 e. The number of benzene rings is 1. The highest BCUT2D eigenvalue weighted by Gasteiger charge is 2.26. The Morgan fingerprint density at radius 1 is 1.03 bits per heavy atom. The molecule has 29 heavy (non-hydrogen) atoms. The lowest BCUT2D eigenvalue weighted by molar-refractivity contribution is 0.0952. The number of carbonyl (C=O) groups excluding carboxylic acids is 2. The average Bonchev–Trinajstić information content (AvgIpc) is 3.12. The van der Waals surface area contributed by atoms with Crippen molar-refractivity contribution < 1.29 is 9.59 Å². The Morgan fingerprint density at radius 3 is 2.48 bits per heavy atom. The molecule has 0 bridgehead atoms. The number of nitrogens with one attached hydrogen (secondary N) is 2. The van der Waals surface area contributed by atoms with Gasteiger partial charge in [0.2, 0.25) is 0 Å². The first kappa shape index (κ1) is 21.5. The molecule has 0 saturated heterocycles. The second-order valence-electron chi connectivity index (χ2n) is 7.37. The number of hydrogen-bond acceptors (Lipinski definition) is 4. The molecule has 1 aliphatic rings. The predicted molar refractivity (Wildman–Crippen MR) is 120 cm³/mol. The number of aryl methyl sites for hydroxylation is 1. The molecule has 156 valence electrons. The molecule has 0 unspecified atom stereocenters. The highest BCUT2D eigenvalue weighted by Crippen LogP contribution is 2.38. The summed E-state index contributed by atoms with van der Waals surface area (Å²) in [5.41, 5.74) is 2.41. The van der Waals surface area contributed by atoms with Crippen molar-refractivity contribution in [3.05, 3.63) is 51.9 Å². The van der Waals surface area contributed by atoms with Crippen molar-refractivity contribution in [3.63, 3.8) is 0 Å². The number of thiophene rings is 1. The van der Waals surface area contributed by atoms with Crippen molar-refractivity contribution in [1.29, 1.82) is 0 Å². The molecule has 0 aliphatic heterocycles. The van der Waals surface area contributed by atoms with E-state index in [4.69, 9.17) is 0 Å². The van der Waals surface area contributed by atoms with E-state index in [-0.39, 0.29) is 11.8 Å². The van der Waals surface area contributed by atoms with Gasteiger partial charge in [0.05, 0.1) is 5.56 Å². The molecule has 1 aliphatic carbocycles. The van der Waals surface area contributed by atoms with Gasteiger partial charge in [-0.3, -0.25) is 9.59 Å². The number of rotatable bonds is 9. The van der Waals surface area contributed by atoms with Crippen molar-refractivity contribution in [3.8, 4) is 0 Å². The van der Waals surface area contributed by atoms with E-state index in [9.17, 15) is 9.59 Å². The van der Waals surface area contributed by atoms with Crippen molar-refractivity contribution in [2.45, 2.75) is 46.0 Å². The molecule has 2 N–H and O–H groups in total. The van der Waals surface area contributed by atoms with Gasteiger partial charge in [0, 0.05) is 17.0 Å². The molecule has 1 heterocycles. The zero-order valence-electron chi connectivity index (χ0n) is 17.4. The maximum Gasteiger partial charge on any atom is 0.256 e. The molecule has 0 radical (unpaired) electrons. The highest BCUT2D eigenvalue weighted by atomic mass is 32.1. The molecule has 1 aromatic carbocycles. The van der Waals surface area contributed by atoms with Crippen molar-refractivity contribution in [2.75, 3.05) is 31.5 Å². The Morgan fingerprint density at radius 2 is 1.76 bits per heavy atom. The summed E-state index contributed by atoms with van der Waals surface area (Å²) >= 11 is 1.56. The van der Waals surface area contributed by atoms with Crippen LogP contribution in [0, 0.1) is 0 Å². The van der Waals surface area contributed by atoms with Gasteiger partial charge in [-0.2, -0.15) is 0 Å². The van der Waals surface area contributed by atoms with Crippen LogP contribution in [0.15, 0.2) is 30.3 Å². The second kappa shape index (κ2) is 10.6. The molecule has 1 aromatic heterocycles. The number of hydrogen-bond donors (Lipinski definition) is 2. The number of carbonyl (C=O) groups is 2. The van der Waals surface area contributed by atoms with Gasteiger partial charge in [-0.15, -0.1) is 11.3 Å². The summed E-state index contributed by atoms with van der Waals surface area (Å²) in [7, 11) is 0. The van der Waals surface area contributed by atoms with Crippen LogP contribution in [0.3, 0.4) is 0 Å². The number of fused-ring (bicyclic) bond motifs is 1. The van der Waals surface area contributed by atoms with Gasteiger partial charge in [0.1, 0.15) is 5.00 Å². The molecule has 2 aromatic rings. The first-order valence-electron chi connectivity index (χ1n) is 10.7. The fourth-order valence-electron chi connectivity index (χ4n) is 3.79. The number of anilines is 1. The quantitative estimate of drug-likeness (QED) is 0.601. The van der Waals surface area contributed by atoms with Crippen LogP contribution in [0.5, 0.6) is 0 Å². The third-order valence-electron chi connectivity index (χ3n) is 5.49. The Labute approximate surface area is 177 Å². The van der Waals surface area contributed by atoms with E-state index in [2.05, 4.69) is 29.4 Å². The Kier molecular flexibility index (Phi) is 7.83. The third-order valence-corrected chi connectivity index (χ3v) is 6.70. The zero-order valence-corrected chi connectivity index (χ0v) is 18.2. The molecule has 0 fully saturated rings. The summed E-state index contributed by atoms with van der Waals surface area (Å²) < 4.78 is 0. The van der Waals surface area contributed by atoms with Gasteiger partial charge < -0.3 is 15.5 Å². The molecule has 0 saturated carbocycles. The maximum absolute atomic E-state index is 13.0. The first-order chi connectivity index (χ1) is 14.1. The normalized spacial score (nSPS) is 13.2. The summed E-state index contributed by atoms with van der Waals surface area (Å²) in [4.78, 5) is 29.3. The van der Waals surface area contributed by atoms with E-state index < -0.39 is 0 Å². The zero-order chi connectivity index (χ0) is 20.6. The van der Waals surface area contributed by atoms with Crippen LogP contribution in [0.4, 0.5) is 5.00 Å². The summed E-state index contributed by atoms with van der Waals surface area (Å²) in [6, 6.07) is 9.15. The summed E-state index contributed by atoms with van der Waals surface area (Å²) in [5.74, 6) is -0.230. The van der Waals surface area contributed by atoms with Gasteiger partial charge in [0.15, 0.2) is 0 Å². The fourth-order valence-corrected chi connectivity index (χ4v) is 5.07. The largest absolute Gasteiger partial charge is 0.352 e. The lowest BCUT2D eigenvalue weighted by Gasteiger charge is -2.18. The number of nitrogens with zero attached hydrogens (tertiary/aromatic N) is 1. The van der Waals surface area contributed by atoms with Gasteiger partial charge >= 0.3 is 0 Å². The van der Waals surface area contributed by atoms with E-state index in [1.54, 1.807) is 23.5 Å². The summed E-state index contributed by atoms with van der Waals surface area (Å²) in [5, 5.41) is 6.77.